The van der Waals surface area contributed by atoms with Crippen LogP contribution in [-0.2, 0) is 6.42 Å². The third-order valence-corrected chi connectivity index (χ3v) is 3.46. The van der Waals surface area contributed by atoms with Gasteiger partial charge in [-0.05, 0) is 61.9 Å². The average Bonchev–Trinajstić information content (AvgIpc) is 3.07. The lowest BCUT2D eigenvalue weighted by atomic mass is 9.98. The normalized spacial score (nSPS) is 17.1. The zero-order chi connectivity index (χ0) is 12.3. The fourth-order valence-electron chi connectivity index (χ4n) is 2.00. The van der Waals surface area contributed by atoms with E-state index in [0.717, 1.165) is 31.0 Å². The zero-order valence-electron chi connectivity index (χ0n) is 10.2. The molecule has 1 nitrogen and oxygen atoms in total. The summed E-state index contributed by atoms with van der Waals surface area (Å²) in [6.07, 6.45) is 4.48. The first-order chi connectivity index (χ1) is 8.15. The molecule has 0 amide bonds. The van der Waals surface area contributed by atoms with E-state index in [4.69, 9.17) is 11.6 Å². The Morgan fingerprint density at radius 1 is 1.47 bits per heavy atom. The standard InChI is InChI=1S/C14H19ClFN/c1-10(6-7-17-13-3-4-13)8-11-9-12(15)2-5-14(11)16/h2,5,9-10,13,17H,3-4,6-8H2,1H3. The van der Waals surface area contributed by atoms with E-state index < -0.39 is 0 Å². The van der Waals surface area contributed by atoms with Crippen LogP contribution >= 0.6 is 11.6 Å². The van der Waals surface area contributed by atoms with Crippen molar-refractivity contribution in [2.45, 2.75) is 38.6 Å². The molecular formula is C14H19ClFN. The highest BCUT2D eigenvalue weighted by Crippen LogP contribution is 2.21. The van der Waals surface area contributed by atoms with Gasteiger partial charge in [0.15, 0.2) is 0 Å². The van der Waals surface area contributed by atoms with Crippen LogP contribution in [0.4, 0.5) is 4.39 Å². The number of halogens is 2. The summed E-state index contributed by atoms with van der Waals surface area (Å²) in [6.45, 7) is 3.20. The van der Waals surface area contributed by atoms with Crippen molar-refractivity contribution in [1.82, 2.24) is 5.32 Å². The van der Waals surface area contributed by atoms with E-state index in [1.165, 1.54) is 18.9 Å². The van der Waals surface area contributed by atoms with Gasteiger partial charge in [-0.15, -0.1) is 0 Å². The molecule has 0 heterocycles. The van der Waals surface area contributed by atoms with Crippen LogP contribution in [0.1, 0.15) is 31.7 Å². The molecule has 0 aliphatic heterocycles. The Hall–Kier alpha value is -0.600. The minimum absolute atomic E-state index is 0.142. The molecule has 0 spiro atoms. The summed E-state index contributed by atoms with van der Waals surface area (Å²) < 4.78 is 13.5. The molecule has 1 aromatic carbocycles. The van der Waals surface area contributed by atoms with E-state index in [1.54, 1.807) is 12.1 Å². The molecule has 17 heavy (non-hydrogen) atoms. The predicted molar refractivity (Wildman–Crippen MR) is 69.9 cm³/mol. The van der Waals surface area contributed by atoms with Crippen LogP contribution in [0.2, 0.25) is 5.02 Å². The highest BCUT2D eigenvalue weighted by Gasteiger charge is 2.20. The van der Waals surface area contributed by atoms with Crippen LogP contribution in [0.5, 0.6) is 0 Å². The molecule has 0 aromatic heterocycles. The van der Waals surface area contributed by atoms with E-state index in [2.05, 4.69) is 12.2 Å². The second kappa shape index (κ2) is 5.83. The Bertz CT molecular complexity index is 376. The van der Waals surface area contributed by atoms with Crippen molar-refractivity contribution in [2.75, 3.05) is 6.54 Å². The van der Waals surface area contributed by atoms with Crippen molar-refractivity contribution in [2.24, 2.45) is 5.92 Å². The van der Waals surface area contributed by atoms with Crippen LogP contribution in [0.25, 0.3) is 0 Å². The van der Waals surface area contributed by atoms with E-state index in [1.807, 2.05) is 0 Å². The summed E-state index contributed by atoms with van der Waals surface area (Å²) in [5.74, 6) is 0.339. The quantitative estimate of drug-likeness (QED) is 0.815. The summed E-state index contributed by atoms with van der Waals surface area (Å²) in [5.41, 5.74) is 0.733. The van der Waals surface area contributed by atoms with Crippen molar-refractivity contribution < 1.29 is 4.39 Å². The largest absolute Gasteiger partial charge is 0.314 e. The molecule has 94 valence electrons. The molecule has 1 aromatic rings. The average molecular weight is 256 g/mol. The Morgan fingerprint density at radius 3 is 2.94 bits per heavy atom. The highest BCUT2D eigenvalue weighted by atomic mass is 35.5. The van der Waals surface area contributed by atoms with Gasteiger partial charge in [0, 0.05) is 11.1 Å². The molecule has 1 saturated carbocycles. The second-order valence-electron chi connectivity index (χ2n) is 5.06. The lowest BCUT2D eigenvalue weighted by Gasteiger charge is -2.12. The van der Waals surface area contributed by atoms with Gasteiger partial charge >= 0.3 is 0 Å². The Labute approximate surface area is 107 Å². The maximum atomic E-state index is 13.5. The number of nitrogens with one attached hydrogen (secondary N) is 1. The van der Waals surface area contributed by atoms with E-state index >= 15 is 0 Å². The molecule has 1 atom stereocenters. The fourth-order valence-corrected chi connectivity index (χ4v) is 2.19. The molecule has 1 aliphatic carbocycles. The summed E-state index contributed by atoms with van der Waals surface area (Å²) >= 11 is 5.88. The Kier molecular flexibility index (Phi) is 4.41. The monoisotopic (exact) mass is 255 g/mol. The minimum atomic E-state index is -0.142. The summed E-state index contributed by atoms with van der Waals surface area (Å²) in [6, 6.07) is 5.54. The summed E-state index contributed by atoms with van der Waals surface area (Å²) in [5, 5.41) is 4.09. The number of benzene rings is 1. The third-order valence-electron chi connectivity index (χ3n) is 3.22. The Balaban J connectivity index is 1.79. The van der Waals surface area contributed by atoms with Crippen molar-refractivity contribution >= 4 is 11.6 Å². The molecule has 0 bridgehead atoms. The molecule has 0 saturated heterocycles. The molecule has 1 unspecified atom stereocenters. The van der Waals surface area contributed by atoms with Crippen molar-refractivity contribution in [3.8, 4) is 0 Å². The van der Waals surface area contributed by atoms with Crippen LogP contribution in [0.15, 0.2) is 18.2 Å². The van der Waals surface area contributed by atoms with Crippen molar-refractivity contribution in [3.63, 3.8) is 0 Å². The number of hydrogen-bond donors (Lipinski definition) is 1. The van der Waals surface area contributed by atoms with E-state index in [9.17, 15) is 4.39 Å². The van der Waals surface area contributed by atoms with Crippen LogP contribution in [0.3, 0.4) is 0 Å². The minimum Gasteiger partial charge on any atom is -0.314 e. The lowest BCUT2D eigenvalue weighted by Crippen LogP contribution is -2.20. The summed E-state index contributed by atoms with van der Waals surface area (Å²) in [7, 11) is 0. The lowest BCUT2D eigenvalue weighted by molar-refractivity contribution is 0.485. The van der Waals surface area contributed by atoms with Crippen molar-refractivity contribution in [1.29, 1.82) is 0 Å². The SMILES string of the molecule is CC(CCNC1CC1)Cc1cc(Cl)ccc1F. The van der Waals surface area contributed by atoms with Gasteiger partial charge in [-0.25, -0.2) is 4.39 Å². The smallest absolute Gasteiger partial charge is 0.126 e. The van der Waals surface area contributed by atoms with Gasteiger partial charge in [-0.3, -0.25) is 0 Å². The molecule has 1 N–H and O–H groups in total. The molecule has 3 heteroatoms. The van der Waals surface area contributed by atoms with Crippen LogP contribution in [-0.4, -0.2) is 12.6 Å². The van der Waals surface area contributed by atoms with Crippen LogP contribution in [0, 0.1) is 11.7 Å². The Morgan fingerprint density at radius 2 is 2.24 bits per heavy atom. The first-order valence-corrected chi connectivity index (χ1v) is 6.70. The summed E-state index contributed by atoms with van der Waals surface area (Å²) in [4.78, 5) is 0. The van der Waals surface area contributed by atoms with Gasteiger partial charge < -0.3 is 5.32 Å². The van der Waals surface area contributed by atoms with Gasteiger partial charge in [0.05, 0.1) is 0 Å². The molecular weight excluding hydrogens is 237 g/mol. The zero-order valence-corrected chi connectivity index (χ0v) is 10.9. The van der Waals surface area contributed by atoms with Gasteiger partial charge in [0.2, 0.25) is 0 Å². The third kappa shape index (κ3) is 4.29. The highest BCUT2D eigenvalue weighted by molar-refractivity contribution is 6.30. The van der Waals surface area contributed by atoms with E-state index in [-0.39, 0.29) is 5.82 Å². The topological polar surface area (TPSA) is 12.0 Å². The first-order valence-electron chi connectivity index (χ1n) is 6.32. The molecule has 2 rings (SSSR count). The van der Waals surface area contributed by atoms with Gasteiger partial charge in [-0.1, -0.05) is 18.5 Å². The van der Waals surface area contributed by atoms with Gasteiger partial charge in [0.1, 0.15) is 5.82 Å². The number of rotatable bonds is 6. The fraction of sp³-hybridized carbons (Fsp3) is 0.571. The molecule has 1 aliphatic rings. The van der Waals surface area contributed by atoms with E-state index in [0.29, 0.717) is 10.9 Å². The maximum absolute atomic E-state index is 13.5. The van der Waals surface area contributed by atoms with Crippen molar-refractivity contribution in [3.05, 3.63) is 34.6 Å². The molecule has 1 fully saturated rings. The maximum Gasteiger partial charge on any atom is 0.126 e. The van der Waals surface area contributed by atoms with Gasteiger partial charge in [-0.2, -0.15) is 0 Å². The van der Waals surface area contributed by atoms with Crippen LogP contribution < -0.4 is 5.32 Å². The first kappa shape index (κ1) is 12.8. The second-order valence-corrected chi connectivity index (χ2v) is 5.50. The van der Waals surface area contributed by atoms with Gasteiger partial charge in [0.25, 0.3) is 0 Å². The number of hydrogen-bond acceptors (Lipinski definition) is 1. The predicted octanol–water partition coefficient (Wildman–Crippen LogP) is 3.80. The molecule has 0 radical (unpaired) electrons.